The minimum absolute atomic E-state index is 0.196. The lowest BCUT2D eigenvalue weighted by atomic mass is 10.0. The van der Waals surface area contributed by atoms with Crippen molar-refractivity contribution < 1.29 is 14.2 Å². The van der Waals surface area contributed by atoms with E-state index >= 15 is 0 Å². The highest BCUT2D eigenvalue weighted by Gasteiger charge is 2.15. The Morgan fingerprint density at radius 1 is 0.921 bits per heavy atom. The molecule has 3 N–H and O–H groups in total. The molecule has 0 aliphatic heterocycles. The fraction of sp³-hybridized carbons (Fsp3) is 0.133. The normalized spacial score (nSPS) is 11.6. The molecule has 3 aromatic carbocycles. The van der Waals surface area contributed by atoms with E-state index in [-0.39, 0.29) is 11.6 Å². The summed E-state index contributed by atoms with van der Waals surface area (Å²) in [5.41, 5.74) is 6.50. The minimum atomic E-state index is -0.347. The van der Waals surface area contributed by atoms with Crippen LogP contribution >= 0.6 is 0 Å². The highest BCUT2D eigenvalue weighted by molar-refractivity contribution is 6.01. The summed E-state index contributed by atoms with van der Waals surface area (Å²) in [7, 11) is 3.94. The number of hydrogen-bond donors (Lipinski definition) is 3. The maximum Gasteiger partial charge on any atom is 0.181 e. The van der Waals surface area contributed by atoms with Crippen LogP contribution in [0, 0.1) is 5.82 Å². The molecule has 6 aromatic rings. The Bertz CT molecular complexity index is 1770. The van der Waals surface area contributed by atoms with Crippen LogP contribution in [0.15, 0.2) is 79.0 Å². The van der Waals surface area contributed by atoms with Crippen molar-refractivity contribution in [3.05, 3.63) is 84.8 Å². The van der Waals surface area contributed by atoms with Gasteiger partial charge in [0, 0.05) is 40.7 Å². The van der Waals surface area contributed by atoms with Crippen LogP contribution in [0.1, 0.15) is 0 Å². The lowest BCUT2D eigenvalue weighted by Crippen LogP contribution is -2.19. The zero-order valence-electron chi connectivity index (χ0n) is 21.0. The summed E-state index contributed by atoms with van der Waals surface area (Å²) in [6.07, 6.45) is 1.74. The Balaban J connectivity index is 1.40. The summed E-state index contributed by atoms with van der Waals surface area (Å²) >= 11 is 0. The third-order valence-corrected chi connectivity index (χ3v) is 6.51. The molecule has 0 bridgehead atoms. The molecule has 0 saturated heterocycles. The van der Waals surface area contributed by atoms with E-state index in [1.54, 1.807) is 24.4 Å². The van der Waals surface area contributed by atoms with Gasteiger partial charge in [0.25, 0.3) is 0 Å². The highest BCUT2D eigenvalue weighted by Crippen LogP contribution is 2.36. The number of aromatic hydroxyl groups is 1. The monoisotopic (exact) mass is 507 g/mol. The van der Waals surface area contributed by atoms with Crippen molar-refractivity contribution in [2.45, 2.75) is 0 Å². The number of H-pyrrole nitrogens is 2. The van der Waals surface area contributed by atoms with Crippen molar-refractivity contribution in [2.75, 3.05) is 27.2 Å². The predicted molar refractivity (Wildman–Crippen MR) is 148 cm³/mol. The second-order valence-electron chi connectivity index (χ2n) is 9.52. The molecule has 0 spiro atoms. The van der Waals surface area contributed by atoms with Crippen LogP contribution in [-0.2, 0) is 0 Å². The van der Waals surface area contributed by atoms with Gasteiger partial charge in [-0.1, -0.05) is 24.3 Å². The minimum Gasteiger partial charge on any atom is -0.508 e. The maximum absolute atomic E-state index is 14.6. The number of pyridine rings is 1. The van der Waals surface area contributed by atoms with Gasteiger partial charge >= 0.3 is 0 Å². The van der Waals surface area contributed by atoms with E-state index < -0.39 is 0 Å². The number of nitrogens with zero attached hydrogens (tertiary/aromatic N) is 3. The van der Waals surface area contributed by atoms with Crippen molar-refractivity contribution in [3.8, 4) is 45.1 Å². The number of ether oxygens (including phenoxy) is 1. The third kappa shape index (κ3) is 4.57. The lowest BCUT2D eigenvalue weighted by Gasteiger charge is -2.12. The molecule has 38 heavy (non-hydrogen) atoms. The second-order valence-corrected chi connectivity index (χ2v) is 9.52. The van der Waals surface area contributed by atoms with Crippen molar-refractivity contribution in [2.24, 2.45) is 0 Å². The van der Waals surface area contributed by atoms with E-state index in [1.807, 2.05) is 61.5 Å². The van der Waals surface area contributed by atoms with Gasteiger partial charge in [-0.15, -0.1) is 0 Å². The van der Waals surface area contributed by atoms with Gasteiger partial charge in [-0.2, -0.15) is 5.10 Å². The quantitative estimate of drug-likeness (QED) is 0.239. The second kappa shape index (κ2) is 9.64. The third-order valence-electron chi connectivity index (χ3n) is 6.51. The van der Waals surface area contributed by atoms with E-state index in [2.05, 4.69) is 20.2 Å². The van der Waals surface area contributed by atoms with E-state index in [0.29, 0.717) is 18.0 Å². The van der Waals surface area contributed by atoms with Gasteiger partial charge in [-0.05, 0) is 73.3 Å². The molecule has 8 heteroatoms. The lowest BCUT2D eigenvalue weighted by molar-refractivity contribution is 0.260. The number of aromatic amines is 2. The molecule has 0 amide bonds. The first-order valence-corrected chi connectivity index (χ1v) is 12.3. The summed E-state index contributed by atoms with van der Waals surface area (Å²) in [4.78, 5) is 10.0. The van der Waals surface area contributed by atoms with Gasteiger partial charge in [-0.3, -0.25) is 5.10 Å². The number of benzene rings is 3. The molecule has 7 nitrogen and oxygen atoms in total. The number of nitrogens with one attached hydrogen (secondary N) is 2. The first kappa shape index (κ1) is 23.7. The average Bonchev–Trinajstić information content (AvgIpc) is 3.51. The number of hydrogen-bond acceptors (Lipinski definition) is 5. The highest BCUT2D eigenvalue weighted by atomic mass is 19.1. The number of phenolic OH excluding ortho intramolecular Hbond substituents is 1. The Hall–Kier alpha value is -4.69. The smallest absolute Gasteiger partial charge is 0.181 e. The van der Waals surface area contributed by atoms with Crippen molar-refractivity contribution in [3.63, 3.8) is 0 Å². The maximum atomic E-state index is 14.6. The first-order chi connectivity index (χ1) is 18.4. The zero-order chi connectivity index (χ0) is 26.2. The largest absolute Gasteiger partial charge is 0.508 e. The molecular weight excluding hydrogens is 481 g/mol. The molecule has 0 atom stereocenters. The molecule has 0 fully saturated rings. The Morgan fingerprint density at radius 3 is 2.63 bits per heavy atom. The number of rotatable bonds is 7. The predicted octanol–water partition coefficient (Wildman–Crippen LogP) is 6.23. The molecule has 190 valence electrons. The van der Waals surface area contributed by atoms with Gasteiger partial charge in [0.1, 0.15) is 23.9 Å². The molecule has 3 aromatic heterocycles. The van der Waals surface area contributed by atoms with Gasteiger partial charge < -0.3 is 19.7 Å². The zero-order valence-corrected chi connectivity index (χ0v) is 21.0. The van der Waals surface area contributed by atoms with E-state index in [4.69, 9.17) is 4.74 Å². The summed E-state index contributed by atoms with van der Waals surface area (Å²) < 4.78 is 20.4. The summed E-state index contributed by atoms with van der Waals surface area (Å²) in [6.45, 7) is 1.21. The molecule has 6 rings (SSSR count). The Labute approximate surface area is 218 Å². The number of halogens is 1. The number of phenols is 1. The average molecular weight is 508 g/mol. The van der Waals surface area contributed by atoms with Crippen LogP contribution in [0.25, 0.3) is 55.6 Å². The van der Waals surface area contributed by atoms with E-state index in [9.17, 15) is 9.50 Å². The Morgan fingerprint density at radius 2 is 1.79 bits per heavy atom. The Kier molecular flexibility index (Phi) is 6.01. The summed E-state index contributed by atoms with van der Waals surface area (Å²) in [5, 5.41) is 19.2. The number of fused-ring (bicyclic) bond motifs is 2. The molecule has 0 saturated carbocycles. The molecule has 0 aliphatic carbocycles. The van der Waals surface area contributed by atoms with Crippen molar-refractivity contribution in [1.82, 2.24) is 25.1 Å². The number of likely N-dealkylation sites (N-methyl/N-ethyl adjacent to an activating group) is 1. The van der Waals surface area contributed by atoms with Crippen LogP contribution in [0.3, 0.4) is 0 Å². The molecule has 3 heterocycles. The van der Waals surface area contributed by atoms with Gasteiger partial charge in [-0.25, -0.2) is 9.37 Å². The molecule has 0 aliphatic rings. The summed E-state index contributed by atoms with van der Waals surface area (Å²) in [5.74, 6) is 0.349. The van der Waals surface area contributed by atoms with Crippen LogP contribution < -0.4 is 4.74 Å². The first-order valence-electron chi connectivity index (χ1n) is 12.3. The van der Waals surface area contributed by atoms with Gasteiger partial charge in [0.05, 0.1) is 11.4 Å². The SMILES string of the molecule is CN(C)CCOc1cc(F)cc(-c2cccc3[nH]c(-c4[nH]nc5ncc(-c6cccc(O)c6)cc45)cc23)c1. The van der Waals surface area contributed by atoms with Crippen LogP contribution in [0.4, 0.5) is 4.39 Å². The van der Waals surface area contributed by atoms with Crippen molar-refractivity contribution in [1.29, 1.82) is 0 Å². The van der Waals surface area contributed by atoms with E-state index in [1.165, 1.54) is 12.1 Å². The van der Waals surface area contributed by atoms with Gasteiger partial charge in [0.2, 0.25) is 0 Å². The molecule has 0 radical (unpaired) electrons. The summed E-state index contributed by atoms with van der Waals surface area (Å²) in [6, 6.07) is 21.8. The molecule has 0 unspecified atom stereocenters. The van der Waals surface area contributed by atoms with Crippen molar-refractivity contribution >= 4 is 21.9 Å². The molecular formula is C30H26FN5O2. The van der Waals surface area contributed by atoms with E-state index in [0.717, 1.165) is 56.5 Å². The topological polar surface area (TPSA) is 90.1 Å². The van der Waals surface area contributed by atoms with Gasteiger partial charge in [0.15, 0.2) is 5.65 Å². The fourth-order valence-corrected chi connectivity index (χ4v) is 4.64. The fourth-order valence-electron chi connectivity index (χ4n) is 4.64. The standard InChI is InChI=1S/C30H26FN5O2/c1-36(2)9-10-38-23-13-19(11-21(31)15-23)24-7-4-8-27-25(24)16-28(33-27)29-26-14-20(17-32-30(26)35-34-29)18-5-3-6-22(37)12-18/h3-8,11-17,33,37H,9-10H2,1-2H3,(H,32,34,35). The number of aromatic nitrogens is 4. The van der Waals surface area contributed by atoms with Crippen LogP contribution in [0.2, 0.25) is 0 Å². The van der Waals surface area contributed by atoms with Crippen LogP contribution in [0.5, 0.6) is 11.5 Å². The van der Waals surface area contributed by atoms with Crippen LogP contribution in [-0.4, -0.2) is 57.4 Å².